The number of benzene rings is 1. The van der Waals surface area contributed by atoms with Gasteiger partial charge in [0.05, 0.1) is 10.0 Å². The second-order valence-electron chi connectivity index (χ2n) is 3.51. The molecule has 0 saturated heterocycles. The fourth-order valence-electron chi connectivity index (χ4n) is 1.19. The summed E-state index contributed by atoms with van der Waals surface area (Å²) in [6.07, 6.45) is -4.51. The van der Waals surface area contributed by atoms with Crippen LogP contribution in [0.4, 0.5) is 17.6 Å². The first-order chi connectivity index (χ1) is 6.73. The van der Waals surface area contributed by atoms with Gasteiger partial charge in [0.1, 0.15) is 5.82 Å². The molecule has 0 N–H and O–H groups in total. The Morgan fingerprint density at radius 3 is 2.13 bits per heavy atom. The molecule has 0 nitrogen and oxygen atoms in total. The van der Waals surface area contributed by atoms with Crippen LogP contribution in [0.25, 0.3) is 0 Å². The molecule has 5 heteroatoms. The van der Waals surface area contributed by atoms with Gasteiger partial charge in [0.2, 0.25) is 0 Å². The van der Waals surface area contributed by atoms with Crippen LogP contribution in [-0.4, -0.2) is 0 Å². The summed E-state index contributed by atoms with van der Waals surface area (Å²) in [5.41, 5.74) is -0.630. The molecule has 1 aromatic rings. The van der Waals surface area contributed by atoms with E-state index in [0.29, 0.717) is 11.6 Å². The molecule has 0 saturated carbocycles. The number of alkyl halides is 3. The zero-order valence-corrected chi connectivity index (χ0v) is 9.71. The van der Waals surface area contributed by atoms with Crippen LogP contribution in [0.2, 0.25) is 0 Å². The smallest absolute Gasteiger partial charge is 0.206 e. The molecule has 0 fully saturated rings. The molecule has 0 aliphatic rings. The van der Waals surface area contributed by atoms with Gasteiger partial charge in [-0.3, -0.25) is 0 Å². The van der Waals surface area contributed by atoms with E-state index >= 15 is 0 Å². The van der Waals surface area contributed by atoms with Crippen molar-refractivity contribution in [1.82, 2.24) is 0 Å². The minimum atomic E-state index is -4.51. The van der Waals surface area contributed by atoms with Crippen molar-refractivity contribution in [3.05, 3.63) is 33.5 Å². The highest BCUT2D eigenvalue weighted by atomic mass is 79.9. The third kappa shape index (κ3) is 2.71. The Morgan fingerprint density at radius 2 is 1.73 bits per heavy atom. The van der Waals surface area contributed by atoms with Crippen molar-refractivity contribution in [2.75, 3.05) is 0 Å². The van der Waals surface area contributed by atoms with E-state index in [4.69, 9.17) is 0 Å². The Balaban J connectivity index is 3.36. The maximum absolute atomic E-state index is 13.2. The Bertz CT molecular complexity index is 368. The predicted octanol–water partition coefficient (Wildman–Crippen LogP) is 4.73. The Morgan fingerprint density at radius 1 is 1.20 bits per heavy atom. The Hall–Kier alpha value is -0.580. The quantitative estimate of drug-likeness (QED) is 0.654. The number of rotatable bonds is 1. The summed E-state index contributed by atoms with van der Waals surface area (Å²) >= 11 is 2.94. The average molecular weight is 285 g/mol. The number of hydrogen-bond acceptors (Lipinski definition) is 0. The van der Waals surface area contributed by atoms with E-state index in [1.165, 1.54) is 0 Å². The lowest BCUT2D eigenvalue weighted by atomic mass is 10.0. The van der Waals surface area contributed by atoms with Gasteiger partial charge in [0.25, 0.3) is 0 Å². The van der Waals surface area contributed by atoms with Gasteiger partial charge in [0, 0.05) is 0 Å². The van der Waals surface area contributed by atoms with Crippen molar-refractivity contribution in [2.24, 2.45) is 0 Å². The van der Waals surface area contributed by atoms with Gasteiger partial charge in [-0.2, -0.15) is 13.2 Å². The van der Waals surface area contributed by atoms with Gasteiger partial charge in [-0.25, -0.2) is 4.39 Å². The van der Waals surface area contributed by atoms with E-state index in [2.05, 4.69) is 15.9 Å². The van der Waals surface area contributed by atoms with E-state index < -0.39 is 17.6 Å². The van der Waals surface area contributed by atoms with Crippen LogP contribution in [0.15, 0.2) is 16.6 Å². The van der Waals surface area contributed by atoms with E-state index in [-0.39, 0.29) is 10.4 Å². The molecule has 84 valence electrons. The maximum atomic E-state index is 13.2. The molecule has 0 unspecified atom stereocenters. The van der Waals surface area contributed by atoms with Crippen LogP contribution in [-0.2, 0) is 6.18 Å². The van der Waals surface area contributed by atoms with Gasteiger partial charge in [-0.05, 0) is 39.5 Å². The molecular weight excluding hydrogens is 276 g/mol. The SMILES string of the molecule is CC(C)c1cc(C(F)(F)F)cc(F)c1Br. The summed E-state index contributed by atoms with van der Waals surface area (Å²) in [6.45, 7) is 3.42. The first-order valence-electron chi connectivity index (χ1n) is 4.29. The van der Waals surface area contributed by atoms with Crippen LogP contribution in [0, 0.1) is 5.82 Å². The zero-order chi connectivity index (χ0) is 11.8. The summed E-state index contributed by atoms with van der Waals surface area (Å²) in [4.78, 5) is 0. The van der Waals surface area contributed by atoms with Crippen molar-refractivity contribution in [3.8, 4) is 0 Å². The lowest BCUT2D eigenvalue weighted by Gasteiger charge is -2.13. The first-order valence-corrected chi connectivity index (χ1v) is 5.09. The van der Waals surface area contributed by atoms with Gasteiger partial charge >= 0.3 is 6.18 Å². The second-order valence-corrected chi connectivity index (χ2v) is 4.31. The van der Waals surface area contributed by atoms with Gasteiger partial charge in [0.15, 0.2) is 0 Å². The molecule has 0 atom stereocenters. The average Bonchev–Trinajstić information content (AvgIpc) is 2.06. The van der Waals surface area contributed by atoms with Gasteiger partial charge < -0.3 is 0 Å². The Kier molecular flexibility index (Phi) is 3.43. The standard InChI is InChI=1S/C10H9BrF4/c1-5(2)7-3-6(10(13,14)15)4-8(12)9(7)11/h3-5H,1-2H3. The monoisotopic (exact) mass is 284 g/mol. The molecule has 0 amide bonds. The third-order valence-electron chi connectivity index (χ3n) is 2.01. The minimum absolute atomic E-state index is 0.102. The minimum Gasteiger partial charge on any atom is -0.206 e. The molecule has 1 aromatic carbocycles. The van der Waals surface area contributed by atoms with E-state index in [1.54, 1.807) is 13.8 Å². The molecule has 0 aliphatic carbocycles. The van der Waals surface area contributed by atoms with Gasteiger partial charge in [-0.1, -0.05) is 13.8 Å². The molecule has 1 rings (SSSR count). The van der Waals surface area contributed by atoms with Crippen LogP contribution in [0.5, 0.6) is 0 Å². The lowest BCUT2D eigenvalue weighted by Crippen LogP contribution is -2.07. The molecule has 0 heterocycles. The van der Waals surface area contributed by atoms with Crippen molar-refractivity contribution < 1.29 is 17.6 Å². The van der Waals surface area contributed by atoms with Crippen molar-refractivity contribution >= 4 is 15.9 Å². The third-order valence-corrected chi connectivity index (χ3v) is 2.84. The predicted molar refractivity (Wildman–Crippen MR) is 53.2 cm³/mol. The molecule has 0 aromatic heterocycles. The van der Waals surface area contributed by atoms with Crippen LogP contribution in [0.1, 0.15) is 30.9 Å². The highest BCUT2D eigenvalue weighted by Crippen LogP contribution is 2.35. The van der Waals surface area contributed by atoms with Crippen LogP contribution in [0.3, 0.4) is 0 Å². The largest absolute Gasteiger partial charge is 0.416 e. The Labute approximate surface area is 93.4 Å². The molecule has 0 spiro atoms. The van der Waals surface area contributed by atoms with Crippen molar-refractivity contribution in [3.63, 3.8) is 0 Å². The summed E-state index contributed by atoms with van der Waals surface area (Å²) in [5, 5.41) is 0. The summed E-state index contributed by atoms with van der Waals surface area (Å²) < 4.78 is 50.4. The van der Waals surface area contributed by atoms with Crippen molar-refractivity contribution in [2.45, 2.75) is 25.9 Å². The zero-order valence-electron chi connectivity index (χ0n) is 8.12. The van der Waals surface area contributed by atoms with Crippen LogP contribution >= 0.6 is 15.9 Å². The first kappa shape index (κ1) is 12.5. The number of hydrogen-bond donors (Lipinski definition) is 0. The molecule has 0 bridgehead atoms. The summed E-state index contributed by atoms with van der Waals surface area (Å²) in [7, 11) is 0. The van der Waals surface area contributed by atoms with Gasteiger partial charge in [-0.15, -0.1) is 0 Å². The maximum Gasteiger partial charge on any atom is 0.416 e. The normalized spacial score (nSPS) is 12.3. The molecule has 15 heavy (non-hydrogen) atoms. The van der Waals surface area contributed by atoms with Crippen LogP contribution < -0.4 is 0 Å². The summed E-state index contributed by atoms with van der Waals surface area (Å²) in [6, 6.07) is 1.47. The highest BCUT2D eigenvalue weighted by Gasteiger charge is 2.32. The fraction of sp³-hybridized carbons (Fsp3) is 0.400. The second kappa shape index (κ2) is 4.12. The van der Waals surface area contributed by atoms with E-state index in [1.807, 2.05) is 0 Å². The fourth-order valence-corrected chi connectivity index (χ4v) is 1.88. The van der Waals surface area contributed by atoms with Crippen molar-refractivity contribution in [1.29, 1.82) is 0 Å². The number of halogens is 5. The highest BCUT2D eigenvalue weighted by molar-refractivity contribution is 9.10. The molecule has 0 aliphatic heterocycles. The molecular formula is C10H9BrF4. The molecule has 0 radical (unpaired) electrons. The summed E-state index contributed by atoms with van der Waals surface area (Å²) in [5.74, 6) is -1.05. The van der Waals surface area contributed by atoms with E-state index in [9.17, 15) is 17.6 Å². The topological polar surface area (TPSA) is 0 Å². The lowest BCUT2D eigenvalue weighted by molar-refractivity contribution is -0.137. The van der Waals surface area contributed by atoms with E-state index in [0.717, 1.165) is 6.07 Å².